The highest BCUT2D eigenvalue weighted by atomic mass is 79.9. The highest BCUT2D eigenvalue weighted by Crippen LogP contribution is 2.31. The fourth-order valence-electron chi connectivity index (χ4n) is 2.90. The van der Waals surface area contributed by atoms with Crippen molar-refractivity contribution in [1.29, 1.82) is 0 Å². The Hall–Kier alpha value is -0.640. The van der Waals surface area contributed by atoms with Gasteiger partial charge in [-0.2, -0.15) is 0 Å². The molecule has 1 saturated carbocycles. The molecule has 1 fully saturated rings. The third-order valence-electron chi connectivity index (χ3n) is 4.13. The number of halogens is 1. The molecular formula is C16H26BrN3. The number of anilines is 1. The third-order valence-corrected chi connectivity index (χ3v) is 4.54. The van der Waals surface area contributed by atoms with Crippen molar-refractivity contribution < 1.29 is 0 Å². The maximum Gasteiger partial charge on any atom is 0.137 e. The Morgan fingerprint density at radius 1 is 1.20 bits per heavy atom. The Balaban J connectivity index is 2.15. The molecule has 0 spiro atoms. The van der Waals surface area contributed by atoms with E-state index in [9.17, 15) is 0 Å². The van der Waals surface area contributed by atoms with Crippen LogP contribution in [0.4, 0.5) is 5.82 Å². The maximum absolute atomic E-state index is 4.70. The number of nitrogens with zero attached hydrogens (tertiary/aromatic N) is 2. The van der Waals surface area contributed by atoms with E-state index in [1.165, 1.54) is 19.3 Å². The van der Waals surface area contributed by atoms with E-state index in [-0.39, 0.29) is 5.41 Å². The van der Waals surface area contributed by atoms with Crippen molar-refractivity contribution in [3.05, 3.63) is 16.5 Å². The molecule has 1 aliphatic carbocycles. The first-order chi connectivity index (χ1) is 9.25. The van der Waals surface area contributed by atoms with Gasteiger partial charge in [0, 0.05) is 17.5 Å². The van der Waals surface area contributed by atoms with Gasteiger partial charge in [0.2, 0.25) is 0 Å². The molecule has 0 saturated heterocycles. The molecule has 0 aliphatic heterocycles. The number of aromatic nitrogens is 2. The first-order valence-corrected chi connectivity index (χ1v) is 8.36. The molecule has 4 heteroatoms. The second kappa shape index (κ2) is 6.00. The molecule has 1 N–H and O–H groups in total. The molecule has 3 unspecified atom stereocenters. The van der Waals surface area contributed by atoms with E-state index in [1.54, 1.807) is 0 Å². The van der Waals surface area contributed by atoms with Crippen molar-refractivity contribution >= 4 is 21.7 Å². The zero-order valence-electron chi connectivity index (χ0n) is 13.2. The Morgan fingerprint density at radius 2 is 1.90 bits per heavy atom. The largest absolute Gasteiger partial charge is 0.367 e. The summed E-state index contributed by atoms with van der Waals surface area (Å²) in [5.74, 6) is 3.38. The Kier molecular flexibility index (Phi) is 4.73. The van der Waals surface area contributed by atoms with Crippen LogP contribution in [0.25, 0.3) is 0 Å². The summed E-state index contributed by atoms with van der Waals surface area (Å²) in [6.07, 6.45) is 3.84. The maximum atomic E-state index is 4.70. The van der Waals surface area contributed by atoms with Crippen molar-refractivity contribution in [3.63, 3.8) is 0 Å². The Bertz CT molecular complexity index is 467. The summed E-state index contributed by atoms with van der Waals surface area (Å²) in [5.41, 5.74) is -0.0348. The van der Waals surface area contributed by atoms with Gasteiger partial charge in [0.05, 0.1) is 0 Å². The fourth-order valence-corrected chi connectivity index (χ4v) is 3.28. The van der Waals surface area contributed by atoms with E-state index in [0.29, 0.717) is 12.0 Å². The molecule has 2 rings (SSSR count). The minimum atomic E-state index is -0.0348. The summed E-state index contributed by atoms with van der Waals surface area (Å²) in [4.78, 5) is 9.20. The third kappa shape index (κ3) is 3.94. The molecule has 3 atom stereocenters. The van der Waals surface area contributed by atoms with Crippen molar-refractivity contribution in [2.75, 3.05) is 5.32 Å². The van der Waals surface area contributed by atoms with Crippen LogP contribution in [0.3, 0.4) is 0 Å². The molecule has 0 bridgehead atoms. The summed E-state index contributed by atoms with van der Waals surface area (Å²) < 4.78 is 0.858. The predicted molar refractivity (Wildman–Crippen MR) is 88.0 cm³/mol. The van der Waals surface area contributed by atoms with Crippen LogP contribution in [0.5, 0.6) is 0 Å². The second-order valence-electron chi connectivity index (χ2n) is 7.30. The van der Waals surface area contributed by atoms with E-state index in [4.69, 9.17) is 4.98 Å². The first kappa shape index (κ1) is 15.7. The summed E-state index contributed by atoms with van der Waals surface area (Å²) in [6.45, 7) is 11.1. The molecule has 1 aromatic heterocycles. The smallest absolute Gasteiger partial charge is 0.137 e. The highest BCUT2D eigenvalue weighted by molar-refractivity contribution is 9.10. The molecule has 112 valence electrons. The SMILES string of the molecule is CC1CCC(Nc2cc(Br)nc(C(C)(C)C)n2)C(C)C1. The normalized spacial score (nSPS) is 27.4. The number of nitrogens with one attached hydrogen (secondary N) is 1. The molecule has 0 amide bonds. The Labute approximate surface area is 131 Å². The summed E-state index contributed by atoms with van der Waals surface area (Å²) in [6, 6.07) is 2.51. The van der Waals surface area contributed by atoms with Crippen LogP contribution >= 0.6 is 15.9 Å². The van der Waals surface area contributed by atoms with Gasteiger partial charge < -0.3 is 5.32 Å². The van der Waals surface area contributed by atoms with Gasteiger partial charge in [-0.1, -0.05) is 34.6 Å². The van der Waals surface area contributed by atoms with E-state index < -0.39 is 0 Å². The van der Waals surface area contributed by atoms with Crippen LogP contribution in [0.2, 0.25) is 0 Å². The zero-order valence-corrected chi connectivity index (χ0v) is 14.8. The minimum absolute atomic E-state index is 0.0348. The molecule has 3 nitrogen and oxygen atoms in total. The number of hydrogen-bond donors (Lipinski definition) is 1. The molecule has 0 radical (unpaired) electrons. The van der Waals surface area contributed by atoms with Gasteiger partial charge in [0.1, 0.15) is 16.2 Å². The van der Waals surface area contributed by atoms with Gasteiger partial charge in [0.25, 0.3) is 0 Å². The average molecular weight is 340 g/mol. The molecule has 1 aliphatic rings. The van der Waals surface area contributed by atoms with Gasteiger partial charge in [-0.25, -0.2) is 9.97 Å². The first-order valence-electron chi connectivity index (χ1n) is 7.57. The summed E-state index contributed by atoms with van der Waals surface area (Å²) in [7, 11) is 0. The van der Waals surface area contributed by atoms with E-state index in [1.807, 2.05) is 6.07 Å². The molecule has 20 heavy (non-hydrogen) atoms. The van der Waals surface area contributed by atoms with Crippen molar-refractivity contribution in [1.82, 2.24) is 9.97 Å². The van der Waals surface area contributed by atoms with Crippen LogP contribution in [-0.4, -0.2) is 16.0 Å². The minimum Gasteiger partial charge on any atom is -0.367 e. The zero-order chi connectivity index (χ0) is 14.9. The lowest BCUT2D eigenvalue weighted by atomic mass is 9.80. The van der Waals surface area contributed by atoms with Gasteiger partial charge in [-0.3, -0.25) is 0 Å². The van der Waals surface area contributed by atoms with Crippen LogP contribution in [-0.2, 0) is 5.41 Å². The van der Waals surface area contributed by atoms with Crippen molar-refractivity contribution in [2.24, 2.45) is 11.8 Å². The van der Waals surface area contributed by atoms with Gasteiger partial charge in [-0.05, 0) is 47.0 Å². The molecule has 1 heterocycles. The van der Waals surface area contributed by atoms with Gasteiger partial charge in [0.15, 0.2) is 0 Å². The van der Waals surface area contributed by atoms with Crippen LogP contribution in [0, 0.1) is 11.8 Å². The van der Waals surface area contributed by atoms with Crippen molar-refractivity contribution in [2.45, 2.75) is 65.3 Å². The van der Waals surface area contributed by atoms with Crippen molar-refractivity contribution in [3.8, 4) is 0 Å². The van der Waals surface area contributed by atoms with Gasteiger partial charge in [-0.15, -0.1) is 0 Å². The topological polar surface area (TPSA) is 37.8 Å². The standard InChI is InChI=1S/C16H26BrN3/c1-10-6-7-12(11(2)8-10)18-14-9-13(17)19-15(20-14)16(3,4)5/h9-12H,6-8H2,1-5H3,(H,18,19,20). The van der Waals surface area contributed by atoms with E-state index >= 15 is 0 Å². The van der Waals surface area contributed by atoms with E-state index in [0.717, 1.165) is 22.2 Å². The average Bonchev–Trinajstić information content (AvgIpc) is 2.31. The second-order valence-corrected chi connectivity index (χ2v) is 8.11. The Morgan fingerprint density at radius 3 is 2.50 bits per heavy atom. The lowest BCUT2D eigenvalue weighted by molar-refractivity contribution is 0.276. The quantitative estimate of drug-likeness (QED) is 0.788. The number of hydrogen-bond acceptors (Lipinski definition) is 3. The molecular weight excluding hydrogens is 314 g/mol. The fraction of sp³-hybridized carbons (Fsp3) is 0.750. The molecule has 1 aromatic rings. The van der Waals surface area contributed by atoms with Crippen LogP contribution in [0.15, 0.2) is 10.7 Å². The highest BCUT2D eigenvalue weighted by Gasteiger charge is 2.26. The lowest BCUT2D eigenvalue weighted by Crippen LogP contribution is -2.33. The summed E-state index contributed by atoms with van der Waals surface area (Å²) >= 11 is 3.50. The van der Waals surface area contributed by atoms with Crippen LogP contribution in [0.1, 0.15) is 59.7 Å². The lowest BCUT2D eigenvalue weighted by Gasteiger charge is -2.33. The summed E-state index contributed by atoms with van der Waals surface area (Å²) in [5, 5.41) is 3.62. The van der Waals surface area contributed by atoms with E-state index in [2.05, 4.69) is 60.8 Å². The van der Waals surface area contributed by atoms with Crippen LogP contribution < -0.4 is 5.32 Å². The monoisotopic (exact) mass is 339 g/mol. The molecule has 0 aromatic carbocycles. The van der Waals surface area contributed by atoms with Gasteiger partial charge >= 0.3 is 0 Å². The number of rotatable bonds is 2. The predicted octanol–water partition coefficient (Wildman–Crippen LogP) is 4.77.